The first-order valence-electron chi connectivity index (χ1n) is 4.36. The van der Waals surface area contributed by atoms with Crippen molar-refractivity contribution >= 4 is 21.3 Å². The summed E-state index contributed by atoms with van der Waals surface area (Å²) in [4.78, 5) is 0. The van der Waals surface area contributed by atoms with Gasteiger partial charge >= 0.3 is 68.5 Å². The predicted molar refractivity (Wildman–Crippen MR) is 54.0 cm³/mol. The van der Waals surface area contributed by atoms with Crippen LogP contribution in [0.25, 0.3) is 0 Å². The van der Waals surface area contributed by atoms with Crippen molar-refractivity contribution in [3.8, 4) is 0 Å². The van der Waals surface area contributed by atoms with Gasteiger partial charge in [0.2, 0.25) is 0 Å². The number of rotatable bonds is 0. The van der Waals surface area contributed by atoms with Crippen LogP contribution in [-0.4, -0.2) is 21.3 Å². The maximum atomic E-state index is 2.62. The summed E-state index contributed by atoms with van der Waals surface area (Å²) in [5.41, 5.74) is 0. The van der Waals surface area contributed by atoms with Crippen LogP contribution in [0.4, 0.5) is 0 Å². The first-order valence-corrected chi connectivity index (χ1v) is 14.5. The minimum atomic E-state index is -1.20. The minimum absolute atomic E-state index is 0.696. The van der Waals surface area contributed by atoms with Crippen molar-refractivity contribution in [1.82, 2.24) is 0 Å². The Morgan fingerprint density at radius 3 is 1.90 bits per heavy atom. The average Bonchev–Trinajstić information content (AvgIpc) is 1.95. The second-order valence-corrected chi connectivity index (χ2v) is 23.0. The second-order valence-electron chi connectivity index (χ2n) is 5.20. The van der Waals surface area contributed by atoms with Gasteiger partial charge < -0.3 is 0 Å². The van der Waals surface area contributed by atoms with Crippen molar-refractivity contribution in [2.24, 2.45) is 0 Å². The fourth-order valence-corrected chi connectivity index (χ4v) is 30.0. The van der Waals surface area contributed by atoms with Gasteiger partial charge in [-0.1, -0.05) is 0 Å². The van der Waals surface area contributed by atoms with Gasteiger partial charge in [-0.3, -0.25) is 0 Å². The number of hydrogen-bond donors (Lipinski definition) is 0. The van der Waals surface area contributed by atoms with Gasteiger partial charge in [-0.15, -0.1) is 0 Å². The quantitative estimate of drug-likeness (QED) is 0.545. The Bertz CT molecular complexity index is 124. The van der Waals surface area contributed by atoms with Gasteiger partial charge in [0.05, 0.1) is 0 Å². The van der Waals surface area contributed by atoms with Gasteiger partial charge in [0.15, 0.2) is 0 Å². The topological polar surface area (TPSA) is 0 Å². The molecule has 0 bridgehead atoms. The molecule has 1 rings (SSSR count). The third-order valence-electron chi connectivity index (χ3n) is 3.76. The normalized spacial score (nSPS) is 36.3. The van der Waals surface area contributed by atoms with Gasteiger partial charge in [-0.2, -0.15) is 0 Å². The van der Waals surface area contributed by atoms with E-state index in [-0.39, 0.29) is 0 Å². The van der Waals surface area contributed by atoms with Crippen LogP contribution in [-0.2, 0) is 0 Å². The molecule has 1 saturated heterocycles. The van der Waals surface area contributed by atoms with Crippen LogP contribution in [0, 0.1) is 0 Å². The fourth-order valence-electron chi connectivity index (χ4n) is 2.14. The average molecular weight is 217 g/mol. The van der Waals surface area contributed by atoms with Crippen molar-refractivity contribution in [3.05, 3.63) is 0 Å². The molecule has 1 atom stereocenters. The van der Waals surface area contributed by atoms with E-state index >= 15 is 0 Å². The summed E-state index contributed by atoms with van der Waals surface area (Å²) >= 11 is -1.20. The zero-order chi connectivity index (χ0) is 7.99. The molecule has 0 amide bonds. The van der Waals surface area contributed by atoms with Crippen LogP contribution in [0.5, 0.6) is 0 Å². The summed E-state index contributed by atoms with van der Waals surface area (Å²) in [5.74, 6) is 5.23. The molecule has 0 aliphatic carbocycles. The van der Waals surface area contributed by atoms with Gasteiger partial charge in [-0.05, 0) is 0 Å². The summed E-state index contributed by atoms with van der Waals surface area (Å²) in [6, 6.07) is 1.63. The van der Waals surface area contributed by atoms with E-state index in [2.05, 4.69) is 31.5 Å². The molecule has 0 aromatic carbocycles. The Morgan fingerprint density at radius 1 is 1.30 bits per heavy atom. The maximum absolute atomic E-state index is 2.62. The fraction of sp³-hybridized carbons (Fsp3) is 1.00. The molecule has 0 radical (unpaired) electrons. The zero-order valence-corrected chi connectivity index (χ0v) is 11.1. The van der Waals surface area contributed by atoms with Gasteiger partial charge in [-0.25, -0.2) is 0 Å². The second kappa shape index (κ2) is 2.37. The molecule has 0 aromatic heterocycles. The molecule has 1 aliphatic rings. The Labute approximate surface area is 68.8 Å². The van der Waals surface area contributed by atoms with Crippen LogP contribution < -0.4 is 0 Å². The standard InChI is InChI=1S/C8H20GeSi/c1-8-9(2,3)6-7-10(8,4)5/h8H,6-7H2,1-5H3/t8-/m0/s1. The Hall–Kier alpha value is 0.760. The molecule has 0 unspecified atom stereocenters. The molecule has 1 heterocycles. The predicted octanol–water partition coefficient (Wildman–Crippen LogP) is 3.35. The van der Waals surface area contributed by atoms with Crippen LogP contribution >= 0.6 is 0 Å². The summed E-state index contributed by atoms with van der Waals surface area (Å²) < 4.78 is 1.20. The van der Waals surface area contributed by atoms with Crippen molar-refractivity contribution < 1.29 is 0 Å². The van der Waals surface area contributed by atoms with Crippen molar-refractivity contribution in [2.45, 2.75) is 47.2 Å². The van der Waals surface area contributed by atoms with Crippen molar-refractivity contribution in [2.75, 3.05) is 0 Å². The van der Waals surface area contributed by atoms with Gasteiger partial charge in [0.1, 0.15) is 0 Å². The Balaban J connectivity index is 2.77. The van der Waals surface area contributed by atoms with E-state index in [9.17, 15) is 0 Å². The SMILES string of the molecule is C[C@@H]1[Si](C)(C)C[CH2][Ge]1([CH3])[CH3]. The van der Waals surface area contributed by atoms with Crippen molar-refractivity contribution in [3.63, 3.8) is 0 Å². The molecule has 1 aliphatic heterocycles. The van der Waals surface area contributed by atoms with E-state index in [1.54, 1.807) is 11.3 Å². The van der Waals surface area contributed by atoms with E-state index in [0.717, 1.165) is 0 Å². The van der Waals surface area contributed by atoms with Crippen LogP contribution in [0.15, 0.2) is 0 Å². The molecule has 0 nitrogen and oxygen atoms in total. The van der Waals surface area contributed by atoms with E-state index in [1.807, 2.05) is 0 Å². The van der Waals surface area contributed by atoms with Gasteiger partial charge in [0, 0.05) is 0 Å². The zero-order valence-electron chi connectivity index (χ0n) is 7.99. The van der Waals surface area contributed by atoms with Crippen LogP contribution in [0.2, 0.25) is 40.3 Å². The number of hydrogen-bond acceptors (Lipinski definition) is 0. The monoisotopic (exact) mass is 218 g/mol. The van der Waals surface area contributed by atoms with E-state index in [0.29, 0.717) is 0 Å². The molecule has 0 saturated carbocycles. The Kier molecular flexibility index (Phi) is 2.10. The van der Waals surface area contributed by atoms with E-state index < -0.39 is 21.3 Å². The van der Waals surface area contributed by atoms with Crippen molar-refractivity contribution in [1.29, 1.82) is 0 Å². The molecule has 0 aromatic rings. The molecule has 60 valence electrons. The molecule has 1 fully saturated rings. The molecule has 0 N–H and O–H groups in total. The molecule has 10 heavy (non-hydrogen) atoms. The summed E-state index contributed by atoms with van der Waals surface area (Å²) in [6.45, 7) is 7.70. The summed E-state index contributed by atoms with van der Waals surface area (Å²) in [5, 5.41) is 1.65. The summed E-state index contributed by atoms with van der Waals surface area (Å²) in [6.07, 6.45) is 0. The first-order chi connectivity index (χ1) is 4.36. The van der Waals surface area contributed by atoms with Crippen LogP contribution in [0.3, 0.4) is 0 Å². The van der Waals surface area contributed by atoms with Gasteiger partial charge in [0.25, 0.3) is 0 Å². The van der Waals surface area contributed by atoms with E-state index in [1.165, 1.54) is 4.37 Å². The Morgan fingerprint density at radius 2 is 1.80 bits per heavy atom. The summed E-state index contributed by atoms with van der Waals surface area (Å²) in [7, 11) is -0.696. The molecule has 0 spiro atoms. The molecular weight excluding hydrogens is 197 g/mol. The van der Waals surface area contributed by atoms with Crippen LogP contribution in [0.1, 0.15) is 6.92 Å². The first kappa shape index (κ1) is 8.85. The third kappa shape index (κ3) is 1.35. The molecule has 2 heteroatoms. The molecular formula is C8H20GeSi. The van der Waals surface area contributed by atoms with E-state index in [4.69, 9.17) is 0 Å². The third-order valence-corrected chi connectivity index (χ3v) is 25.8.